The van der Waals surface area contributed by atoms with E-state index in [-0.39, 0.29) is 0 Å². The molecule has 2 nitrogen and oxygen atoms in total. The first-order valence-corrected chi connectivity index (χ1v) is 9.76. The van der Waals surface area contributed by atoms with Crippen LogP contribution in [0.2, 0.25) is 0 Å². The second-order valence-corrected chi connectivity index (χ2v) is 7.82. The fourth-order valence-electron chi connectivity index (χ4n) is 2.58. The minimum Gasteiger partial charge on any atom is -0.381 e. The van der Waals surface area contributed by atoms with E-state index in [2.05, 4.69) is 116 Å². The molecule has 0 aromatic heterocycles. The molecule has 0 saturated carbocycles. The van der Waals surface area contributed by atoms with E-state index in [1.165, 1.54) is 16.7 Å². The number of anilines is 2. The van der Waals surface area contributed by atoms with Gasteiger partial charge in [-0.3, -0.25) is 0 Å². The number of aryl methyl sites for hydroxylation is 1. The van der Waals surface area contributed by atoms with Gasteiger partial charge in [0.05, 0.1) is 0 Å². The third-order valence-corrected chi connectivity index (χ3v) is 5.09. The van der Waals surface area contributed by atoms with Crippen molar-refractivity contribution in [2.75, 3.05) is 10.6 Å². The molecule has 128 valence electrons. The van der Waals surface area contributed by atoms with Crippen molar-refractivity contribution in [1.29, 1.82) is 0 Å². The van der Waals surface area contributed by atoms with Gasteiger partial charge in [0.2, 0.25) is 0 Å². The van der Waals surface area contributed by atoms with E-state index in [1.807, 2.05) is 0 Å². The molecule has 0 bridgehead atoms. The van der Waals surface area contributed by atoms with Gasteiger partial charge < -0.3 is 10.6 Å². The maximum atomic E-state index is 3.51. The SMILES string of the molecule is Cc1cc(NCc2ccc(Br)cc2)ccc1NCc1ccc(Br)cc1. The molecule has 0 aliphatic heterocycles. The molecular formula is C21H20Br2N2. The van der Waals surface area contributed by atoms with Crippen LogP contribution in [-0.2, 0) is 13.1 Å². The average molecular weight is 460 g/mol. The fourth-order valence-corrected chi connectivity index (χ4v) is 3.11. The lowest BCUT2D eigenvalue weighted by molar-refractivity contribution is 1.13. The molecule has 2 N–H and O–H groups in total. The Morgan fingerprint density at radius 2 is 1.20 bits per heavy atom. The number of nitrogens with one attached hydrogen (secondary N) is 2. The second-order valence-electron chi connectivity index (χ2n) is 5.99. The van der Waals surface area contributed by atoms with Gasteiger partial charge in [-0.1, -0.05) is 56.1 Å². The summed E-state index contributed by atoms with van der Waals surface area (Å²) in [6, 6.07) is 23.2. The summed E-state index contributed by atoms with van der Waals surface area (Å²) in [4.78, 5) is 0. The van der Waals surface area contributed by atoms with Crippen molar-refractivity contribution in [2.24, 2.45) is 0 Å². The number of rotatable bonds is 6. The highest BCUT2D eigenvalue weighted by Crippen LogP contribution is 2.21. The van der Waals surface area contributed by atoms with Gasteiger partial charge in [-0.15, -0.1) is 0 Å². The number of halogens is 2. The lowest BCUT2D eigenvalue weighted by atomic mass is 10.1. The zero-order valence-corrected chi connectivity index (χ0v) is 17.2. The summed E-state index contributed by atoms with van der Waals surface area (Å²) in [5.41, 5.74) is 6.06. The van der Waals surface area contributed by atoms with Crippen LogP contribution in [-0.4, -0.2) is 0 Å². The Bertz CT molecular complexity index is 828. The van der Waals surface area contributed by atoms with Crippen LogP contribution in [0.4, 0.5) is 11.4 Å². The monoisotopic (exact) mass is 458 g/mol. The largest absolute Gasteiger partial charge is 0.381 e. The molecular weight excluding hydrogens is 440 g/mol. The molecule has 0 spiro atoms. The van der Waals surface area contributed by atoms with E-state index in [0.29, 0.717) is 0 Å². The third kappa shape index (κ3) is 5.35. The molecule has 0 radical (unpaired) electrons. The summed E-state index contributed by atoms with van der Waals surface area (Å²) >= 11 is 6.93. The van der Waals surface area contributed by atoms with E-state index in [4.69, 9.17) is 0 Å². The number of benzene rings is 3. The lowest BCUT2D eigenvalue weighted by Gasteiger charge is -2.13. The average Bonchev–Trinajstić information content (AvgIpc) is 2.62. The van der Waals surface area contributed by atoms with Crippen LogP contribution in [0.1, 0.15) is 16.7 Å². The maximum Gasteiger partial charge on any atom is 0.0400 e. The molecule has 0 saturated heterocycles. The zero-order chi connectivity index (χ0) is 17.6. The van der Waals surface area contributed by atoms with Crippen LogP contribution in [0.5, 0.6) is 0 Å². The number of hydrogen-bond acceptors (Lipinski definition) is 2. The Morgan fingerprint density at radius 1 is 0.680 bits per heavy atom. The van der Waals surface area contributed by atoms with Crippen LogP contribution in [0.25, 0.3) is 0 Å². The second kappa shape index (κ2) is 8.54. The van der Waals surface area contributed by atoms with Gasteiger partial charge in [0.15, 0.2) is 0 Å². The molecule has 3 aromatic rings. The van der Waals surface area contributed by atoms with Gasteiger partial charge in [-0.05, 0) is 66.1 Å². The molecule has 0 unspecified atom stereocenters. The Kier molecular flexibility index (Phi) is 6.16. The van der Waals surface area contributed by atoms with Crippen molar-refractivity contribution in [3.05, 3.63) is 92.4 Å². The van der Waals surface area contributed by atoms with Crippen molar-refractivity contribution >= 4 is 43.2 Å². The predicted molar refractivity (Wildman–Crippen MR) is 114 cm³/mol. The van der Waals surface area contributed by atoms with Gasteiger partial charge in [-0.2, -0.15) is 0 Å². The summed E-state index contributed by atoms with van der Waals surface area (Å²) in [6.07, 6.45) is 0. The summed E-state index contributed by atoms with van der Waals surface area (Å²) in [5.74, 6) is 0. The van der Waals surface area contributed by atoms with E-state index in [0.717, 1.165) is 33.4 Å². The summed E-state index contributed by atoms with van der Waals surface area (Å²) in [6.45, 7) is 3.77. The van der Waals surface area contributed by atoms with Crippen molar-refractivity contribution in [3.63, 3.8) is 0 Å². The van der Waals surface area contributed by atoms with Crippen molar-refractivity contribution in [1.82, 2.24) is 0 Å². The van der Waals surface area contributed by atoms with Gasteiger partial charge in [-0.25, -0.2) is 0 Å². The zero-order valence-electron chi connectivity index (χ0n) is 14.0. The normalized spacial score (nSPS) is 10.5. The predicted octanol–water partition coefficient (Wildman–Crippen LogP) is 6.74. The van der Waals surface area contributed by atoms with Gasteiger partial charge in [0, 0.05) is 33.4 Å². The van der Waals surface area contributed by atoms with E-state index in [1.54, 1.807) is 0 Å². The summed E-state index contributed by atoms with van der Waals surface area (Å²) in [7, 11) is 0. The Morgan fingerprint density at radius 3 is 1.72 bits per heavy atom. The smallest absolute Gasteiger partial charge is 0.0400 e. The first kappa shape index (κ1) is 18.0. The molecule has 0 amide bonds. The first-order valence-electron chi connectivity index (χ1n) is 8.17. The van der Waals surface area contributed by atoms with Crippen LogP contribution >= 0.6 is 31.9 Å². The molecule has 0 aliphatic carbocycles. The summed E-state index contributed by atoms with van der Waals surface area (Å²) < 4.78 is 2.21. The number of hydrogen-bond donors (Lipinski definition) is 2. The highest BCUT2D eigenvalue weighted by atomic mass is 79.9. The highest BCUT2D eigenvalue weighted by molar-refractivity contribution is 9.10. The minimum atomic E-state index is 0.818. The summed E-state index contributed by atoms with van der Waals surface area (Å²) in [5, 5.41) is 6.99. The molecule has 0 fully saturated rings. The maximum absolute atomic E-state index is 3.51. The minimum absolute atomic E-state index is 0.818. The quantitative estimate of drug-likeness (QED) is 0.426. The standard InChI is InChI=1S/C21H20Br2N2/c1-15-12-20(24-13-16-2-6-18(22)7-3-16)10-11-21(15)25-14-17-4-8-19(23)9-5-17/h2-12,24-25H,13-14H2,1H3. The molecule has 3 aromatic carbocycles. The highest BCUT2D eigenvalue weighted by Gasteiger charge is 2.01. The lowest BCUT2D eigenvalue weighted by Crippen LogP contribution is -2.03. The molecule has 0 atom stereocenters. The van der Waals surface area contributed by atoms with Crippen LogP contribution in [0, 0.1) is 6.92 Å². The van der Waals surface area contributed by atoms with Gasteiger partial charge in [0.25, 0.3) is 0 Å². The van der Waals surface area contributed by atoms with E-state index < -0.39 is 0 Å². The van der Waals surface area contributed by atoms with Crippen LogP contribution in [0.15, 0.2) is 75.7 Å². The van der Waals surface area contributed by atoms with Crippen molar-refractivity contribution < 1.29 is 0 Å². The molecule has 4 heteroatoms. The molecule has 0 aliphatic rings. The van der Waals surface area contributed by atoms with Crippen LogP contribution in [0.3, 0.4) is 0 Å². The van der Waals surface area contributed by atoms with E-state index >= 15 is 0 Å². The van der Waals surface area contributed by atoms with Gasteiger partial charge in [0.1, 0.15) is 0 Å². The topological polar surface area (TPSA) is 24.1 Å². The van der Waals surface area contributed by atoms with Crippen LogP contribution < -0.4 is 10.6 Å². The molecule has 25 heavy (non-hydrogen) atoms. The first-order chi connectivity index (χ1) is 12.1. The van der Waals surface area contributed by atoms with E-state index in [9.17, 15) is 0 Å². The molecule has 0 heterocycles. The van der Waals surface area contributed by atoms with Crippen molar-refractivity contribution in [3.8, 4) is 0 Å². The Labute approximate surface area is 165 Å². The van der Waals surface area contributed by atoms with Gasteiger partial charge >= 0.3 is 0 Å². The van der Waals surface area contributed by atoms with Crippen molar-refractivity contribution in [2.45, 2.75) is 20.0 Å². The fraction of sp³-hybridized carbons (Fsp3) is 0.143. The Hall–Kier alpha value is -1.78. The molecule has 3 rings (SSSR count). The third-order valence-electron chi connectivity index (χ3n) is 4.03. The Balaban J connectivity index is 1.58.